The van der Waals surface area contributed by atoms with Gasteiger partial charge >= 0.3 is 0 Å². The minimum absolute atomic E-state index is 0.155. The number of hydrogen-bond donors (Lipinski definition) is 1. The van der Waals surface area contributed by atoms with Crippen molar-refractivity contribution in [3.8, 4) is 0 Å². The molecule has 4 unspecified atom stereocenters. The van der Waals surface area contributed by atoms with Crippen molar-refractivity contribution in [2.24, 2.45) is 11.8 Å². The fraction of sp³-hybridized carbons (Fsp3) is 0.538. The van der Waals surface area contributed by atoms with Crippen LogP contribution in [-0.4, -0.2) is 11.2 Å². The fourth-order valence-corrected chi connectivity index (χ4v) is 3.45. The van der Waals surface area contributed by atoms with Crippen molar-refractivity contribution in [1.29, 1.82) is 0 Å². The molecule has 1 N–H and O–H groups in total. The highest BCUT2D eigenvalue weighted by atomic mass is 19.1. The summed E-state index contributed by atoms with van der Waals surface area (Å²) >= 11 is 0. The molecule has 1 fully saturated rings. The van der Waals surface area contributed by atoms with Crippen LogP contribution in [0.2, 0.25) is 0 Å². The number of fused-ring (bicyclic) bond motifs is 3. The first-order chi connectivity index (χ1) is 7.22. The lowest BCUT2D eigenvalue weighted by Crippen LogP contribution is -2.47. The zero-order valence-electron chi connectivity index (χ0n) is 8.78. The van der Waals surface area contributed by atoms with E-state index in [0.717, 1.165) is 18.4 Å². The van der Waals surface area contributed by atoms with Crippen molar-refractivity contribution in [2.75, 3.05) is 0 Å². The first-order valence-corrected chi connectivity index (χ1v) is 5.68. The Morgan fingerprint density at radius 1 is 1.47 bits per heavy atom. The minimum atomic E-state index is -0.171. The van der Waals surface area contributed by atoms with Gasteiger partial charge in [0.2, 0.25) is 0 Å². The Kier molecular flexibility index (Phi) is 1.90. The van der Waals surface area contributed by atoms with Crippen molar-refractivity contribution < 1.29 is 9.50 Å². The number of hydrogen-bond acceptors (Lipinski definition) is 1. The summed E-state index contributed by atoms with van der Waals surface area (Å²) in [4.78, 5) is 0. The second-order valence-electron chi connectivity index (χ2n) is 4.80. The van der Waals surface area contributed by atoms with Gasteiger partial charge in [-0.05, 0) is 47.4 Å². The van der Waals surface area contributed by atoms with Gasteiger partial charge in [-0.1, -0.05) is 19.4 Å². The summed E-state index contributed by atoms with van der Waals surface area (Å²) in [6.45, 7) is 2.12. The molecule has 0 amide bonds. The maximum absolute atomic E-state index is 13.1. The fourth-order valence-electron chi connectivity index (χ4n) is 3.45. The third-order valence-corrected chi connectivity index (χ3v) is 4.19. The van der Waals surface area contributed by atoms with E-state index in [1.54, 1.807) is 12.1 Å². The Morgan fingerprint density at radius 2 is 2.27 bits per heavy atom. The van der Waals surface area contributed by atoms with Crippen LogP contribution in [0.15, 0.2) is 18.2 Å². The van der Waals surface area contributed by atoms with Gasteiger partial charge in [0.25, 0.3) is 0 Å². The van der Waals surface area contributed by atoms with E-state index >= 15 is 0 Å². The summed E-state index contributed by atoms with van der Waals surface area (Å²) in [5.41, 5.74) is 2.39. The Morgan fingerprint density at radius 3 is 3.00 bits per heavy atom. The van der Waals surface area contributed by atoms with Gasteiger partial charge < -0.3 is 5.11 Å². The molecule has 2 aliphatic rings. The Labute approximate surface area is 88.9 Å². The van der Waals surface area contributed by atoms with Crippen LogP contribution in [-0.2, 0) is 6.42 Å². The van der Waals surface area contributed by atoms with Crippen LogP contribution in [0, 0.1) is 17.7 Å². The largest absolute Gasteiger partial charge is 0.392 e. The van der Waals surface area contributed by atoms with Gasteiger partial charge in [-0.25, -0.2) is 4.39 Å². The maximum Gasteiger partial charge on any atom is 0.123 e. The average Bonchev–Trinajstić information content (AvgIpc) is 2.54. The predicted octanol–water partition coefficient (Wildman–Crippen LogP) is 2.48. The van der Waals surface area contributed by atoms with Crippen molar-refractivity contribution in [3.05, 3.63) is 35.1 Å². The van der Waals surface area contributed by atoms with Gasteiger partial charge in [-0.3, -0.25) is 0 Å². The number of halogens is 1. The van der Waals surface area contributed by atoms with Crippen molar-refractivity contribution in [1.82, 2.24) is 0 Å². The lowest BCUT2D eigenvalue weighted by atomic mass is 9.61. The number of aliphatic hydroxyl groups is 1. The molecule has 2 aliphatic carbocycles. The van der Waals surface area contributed by atoms with E-state index in [0.29, 0.717) is 17.8 Å². The summed E-state index contributed by atoms with van der Waals surface area (Å²) in [5.74, 6) is 1.08. The molecular weight excluding hydrogens is 191 g/mol. The summed E-state index contributed by atoms with van der Waals surface area (Å²) < 4.78 is 13.1. The van der Waals surface area contributed by atoms with E-state index in [1.807, 2.05) is 6.07 Å². The molecule has 0 radical (unpaired) electrons. The molecule has 0 aliphatic heterocycles. The molecule has 0 bridgehead atoms. The molecule has 3 rings (SSSR count). The van der Waals surface area contributed by atoms with Gasteiger partial charge in [0.1, 0.15) is 5.82 Å². The SMILES string of the molecule is CCC1C(O)C2Cc3cc(F)ccc3C12. The third-order valence-electron chi connectivity index (χ3n) is 4.19. The molecule has 1 aromatic rings. The third kappa shape index (κ3) is 1.11. The highest BCUT2D eigenvalue weighted by Crippen LogP contribution is 2.56. The van der Waals surface area contributed by atoms with E-state index in [9.17, 15) is 9.50 Å². The van der Waals surface area contributed by atoms with E-state index in [2.05, 4.69) is 6.92 Å². The number of benzene rings is 1. The monoisotopic (exact) mass is 206 g/mol. The molecular formula is C13H15FO. The molecule has 0 saturated heterocycles. The van der Waals surface area contributed by atoms with Crippen molar-refractivity contribution in [2.45, 2.75) is 31.8 Å². The summed E-state index contributed by atoms with van der Waals surface area (Å²) in [6.07, 6.45) is 1.70. The second-order valence-corrected chi connectivity index (χ2v) is 4.80. The molecule has 1 aromatic carbocycles. The summed E-state index contributed by atoms with van der Waals surface area (Å²) in [6, 6.07) is 5.08. The molecule has 0 aromatic heterocycles. The van der Waals surface area contributed by atoms with Gasteiger partial charge in [-0.15, -0.1) is 0 Å². The van der Waals surface area contributed by atoms with E-state index < -0.39 is 0 Å². The number of aliphatic hydroxyl groups excluding tert-OH is 1. The Balaban J connectivity index is 2.00. The van der Waals surface area contributed by atoms with Crippen molar-refractivity contribution >= 4 is 0 Å². The van der Waals surface area contributed by atoms with Crippen LogP contribution in [0.25, 0.3) is 0 Å². The van der Waals surface area contributed by atoms with Crippen LogP contribution in [0.1, 0.15) is 30.4 Å². The van der Waals surface area contributed by atoms with Crippen LogP contribution in [0.4, 0.5) is 4.39 Å². The molecule has 4 atom stereocenters. The molecule has 1 nitrogen and oxygen atoms in total. The molecule has 0 heterocycles. The van der Waals surface area contributed by atoms with Crippen LogP contribution in [0.3, 0.4) is 0 Å². The molecule has 15 heavy (non-hydrogen) atoms. The van der Waals surface area contributed by atoms with Gasteiger partial charge in [0, 0.05) is 0 Å². The van der Waals surface area contributed by atoms with Crippen LogP contribution in [0.5, 0.6) is 0 Å². The normalized spacial score (nSPS) is 37.0. The smallest absolute Gasteiger partial charge is 0.123 e. The standard InChI is InChI=1S/C13H15FO/c1-2-9-12-10-4-3-8(14)5-7(10)6-11(12)13(9)15/h3-5,9,11-13,15H,2,6H2,1H3. The Bertz CT molecular complexity index is 402. The molecule has 1 saturated carbocycles. The van der Waals surface area contributed by atoms with Crippen LogP contribution < -0.4 is 0 Å². The van der Waals surface area contributed by atoms with E-state index in [-0.39, 0.29) is 11.9 Å². The zero-order chi connectivity index (χ0) is 10.6. The quantitative estimate of drug-likeness (QED) is 0.748. The van der Waals surface area contributed by atoms with Gasteiger partial charge in [-0.2, -0.15) is 0 Å². The van der Waals surface area contributed by atoms with Gasteiger partial charge in [0.15, 0.2) is 0 Å². The topological polar surface area (TPSA) is 20.2 Å². The minimum Gasteiger partial charge on any atom is -0.392 e. The highest BCUT2D eigenvalue weighted by molar-refractivity contribution is 5.41. The van der Waals surface area contributed by atoms with E-state index in [4.69, 9.17) is 0 Å². The van der Waals surface area contributed by atoms with E-state index in [1.165, 1.54) is 5.56 Å². The first-order valence-electron chi connectivity index (χ1n) is 5.68. The highest BCUT2D eigenvalue weighted by Gasteiger charge is 2.52. The predicted molar refractivity (Wildman–Crippen MR) is 56.1 cm³/mol. The number of rotatable bonds is 1. The molecule has 0 spiro atoms. The second kappa shape index (κ2) is 3.05. The zero-order valence-corrected chi connectivity index (χ0v) is 8.78. The van der Waals surface area contributed by atoms with Crippen molar-refractivity contribution in [3.63, 3.8) is 0 Å². The van der Waals surface area contributed by atoms with Gasteiger partial charge in [0.05, 0.1) is 6.10 Å². The lowest BCUT2D eigenvalue weighted by molar-refractivity contribution is -0.0581. The summed E-state index contributed by atoms with van der Waals surface area (Å²) in [7, 11) is 0. The maximum atomic E-state index is 13.1. The molecule has 2 heteroatoms. The first kappa shape index (κ1) is 9.34. The Hall–Kier alpha value is -0.890. The summed E-state index contributed by atoms with van der Waals surface area (Å²) in [5, 5.41) is 9.93. The lowest BCUT2D eigenvalue weighted by Gasteiger charge is -2.46. The van der Waals surface area contributed by atoms with Crippen LogP contribution >= 0.6 is 0 Å². The molecule has 80 valence electrons. The average molecular weight is 206 g/mol.